The predicted octanol–water partition coefficient (Wildman–Crippen LogP) is 2.00. The maximum Gasteiger partial charge on any atom is 0.325 e. The van der Waals surface area contributed by atoms with E-state index in [1.807, 2.05) is 0 Å². The van der Waals surface area contributed by atoms with Gasteiger partial charge < -0.3 is 37.6 Å². The summed E-state index contributed by atoms with van der Waals surface area (Å²) in [4.78, 5) is 53.5. The Bertz CT molecular complexity index is 1770. The number of alkyl halides is 1. The first kappa shape index (κ1) is 29.7. The molecule has 0 amide bonds. The zero-order valence-corrected chi connectivity index (χ0v) is 25.1. The fourth-order valence-corrected chi connectivity index (χ4v) is 7.05. The number of nitrogens with zero attached hydrogens (tertiary/aromatic N) is 6. The average molecular weight is 660 g/mol. The van der Waals surface area contributed by atoms with Gasteiger partial charge in [0.2, 0.25) is 0 Å². The summed E-state index contributed by atoms with van der Waals surface area (Å²) < 4.78 is 47.0. The van der Waals surface area contributed by atoms with Gasteiger partial charge in [0, 0.05) is 30.7 Å². The van der Waals surface area contributed by atoms with Gasteiger partial charge in [-0.3, -0.25) is 18.9 Å². The summed E-state index contributed by atoms with van der Waals surface area (Å²) in [5.41, 5.74) is 0.906. The number of aryl methyl sites for hydroxylation is 1. The van der Waals surface area contributed by atoms with E-state index in [9.17, 15) is 14.6 Å². The summed E-state index contributed by atoms with van der Waals surface area (Å²) in [6, 6.07) is 3.53. The van der Waals surface area contributed by atoms with Crippen molar-refractivity contribution in [3.8, 4) is 11.3 Å². The minimum absolute atomic E-state index is 0.0176. The van der Waals surface area contributed by atoms with Gasteiger partial charge in [-0.1, -0.05) is 0 Å². The number of pyridine rings is 1. The Morgan fingerprint density at radius 3 is 2.71 bits per heavy atom. The van der Waals surface area contributed by atoms with Crippen molar-refractivity contribution < 1.29 is 37.0 Å². The minimum atomic E-state index is -4.13. The third-order valence-electron chi connectivity index (χ3n) is 6.52. The van der Waals surface area contributed by atoms with Crippen molar-refractivity contribution in [3.05, 3.63) is 59.1 Å². The lowest BCUT2D eigenvalue weighted by molar-refractivity contribution is -0.0465. The highest BCUT2D eigenvalue weighted by molar-refractivity contribution is 8.07. The van der Waals surface area contributed by atoms with Crippen molar-refractivity contribution in [2.45, 2.75) is 44.7 Å². The van der Waals surface area contributed by atoms with Crippen LogP contribution < -0.4 is 5.56 Å². The Kier molecular flexibility index (Phi) is 8.23. The van der Waals surface area contributed by atoms with Crippen LogP contribution in [-0.2, 0) is 59.6 Å². The second kappa shape index (κ2) is 11.6. The van der Waals surface area contributed by atoms with Crippen LogP contribution in [0.25, 0.3) is 22.4 Å². The molecular weight excluding hydrogens is 635 g/mol. The Balaban J connectivity index is 1.35. The standard InChI is InChI=1S/C22H24FN7O8P2S2/c1-12-26-20-18(21(31)27-12)25-11-30(20)22-19-17(23)15(37-22)9-35-39(32,41)34-7-6-29-8-14(13-2-4-24-5-3-13)28-16(29)10-36-40(33,42)38-19/h2-5,8,11,15,17,19,22H,6-7,9-10H2,1H3,(H,32,41)(H,33,42)(H,26,27,31)/t15-,17-,19-,22-,39?,40?/m1/s1. The molecule has 2 unspecified atom stereocenters. The van der Waals surface area contributed by atoms with E-state index in [0.717, 1.165) is 5.56 Å². The van der Waals surface area contributed by atoms with Crippen LogP contribution in [-0.4, -0.2) is 75.4 Å². The second-order valence-electron chi connectivity index (χ2n) is 9.37. The van der Waals surface area contributed by atoms with Crippen molar-refractivity contribution in [1.82, 2.24) is 34.1 Å². The van der Waals surface area contributed by atoms with E-state index < -0.39 is 50.2 Å². The van der Waals surface area contributed by atoms with Crippen LogP contribution in [0, 0.1) is 6.92 Å². The molecule has 0 aliphatic carbocycles. The van der Waals surface area contributed by atoms with Gasteiger partial charge in [0.15, 0.2) is 23.6 Å². The molecule has 4 aromatic rings. The van der Waals surface area contributed by atoms with Crippen LogP contribution in [0.2, 0.25) is 0 Å². The van der Waals surface area contributed by atoms with Gasteiger partial charge in [-0.15, -0.1) is 0 Å². The molecule has 0 radical (unpaired) electrons. The molecule has 4 aromatic heterocycles. The molecule has 15 nitrogen and oxygen atoms in total. The Morgan fingerprint density at radius 1 is 1.14 bits per heavy atom. The number of nitrogens with one attached hydrogen (secondary N) is 1. The van der Waals surface area contributed by atoms with Crippen LogP contribution in [0.1, 0.15) is 17.9 Å². The molecule has 2 bridgehead atoms. The molecule has 0 aromatic carbocycles. The largest absolute Gasteiger partial charge is 0.346 e. The lowest BCUT2D eigenvalue weighted by atomic mass is 10.1. The van der Waals surface area contributed by atoms with Gasteiger partial charge in [-0.05, 0) is 42.7 Å². The number of fused-ring (bicyclic) bond motifs is 4. The van der Waals surface area contributed by atoms with Gasteiger partial charge in [0.05, 0.1) is 25.2 Å². The van der Waals surface area contributed by atoms with Crippen LogP contribution in [0.15, 0.2) is 41.8 Å². The quantitative estimate of drug-likeness (QED) is 0.266. The normalized spacial score (nSPS) is 31.0. The summed E-state index contributed by atoms with van der Waals surface area (Å²) in [7, 11) is 0. The molecule has 42 heavy (non-hydrogen) atoms. The van der Waals surface area contributed by atoms with E-state index >= 15 is 4.39 Å². The van der Waals surface area contributed by atoms with E-state index in [1.54, 1.807) is 42.2 Å². The molecular formula is C22H24FN7O8P2S2. The van der Waals surface area contributed by atoms with Gasteiger partial charge in [-0.2, -0.15) is 0 Å². The maximum absolute atomic E-state index is 15.9. The molecule has 3 N–H and O–H groups in total. The molecule has 6 rings (SSSR count). The smallest absolute Gasteiger partial charge is 0.325 e. The molecule has 2 aliphatic rings. The molecule has 2 aliphatic heterocycles. The van der Waals surface area contributed by atoms with E-state index in [2.05, 4.69) is 24.9 Å². The Morgan fingerprint density at radius 2 is 1.93 bits per heavy atom. The van der Waals surface area contributed by atoms with Crippen LogP contribution in [0.4, 0.5) is 4.39 Å². The maximum atomic E-state index is 15.9. The summed E-state index contributed by atoms with van der Waals surface area (Å²) in [5, 5.41) is 0. The van der Waals surface area contributed by atoms with Crippen LogP contribution >= 0.6 is 13.4 Å². The SMILES string of the molecule is Cc1nc2c(ncn2[C@@H]2O[C@@H]3COP(O)(=S)OCCn4cc(-c5ccncc5)nc4COP(O)(=S)O[C@@H]2[C@@H]3F)c(=O)[nH]1. The van der Waals surface area contributed by atoms with Crippen molar-refractivity contribution in [2.24, 2.45) is 0 Å². The molecule has 6 heterocycles. The summed E-state index contributed by atoms with van der Waals surface area (Å²) in [6.07, 6.45) is 0.0435. The topological polar surface area (TPSA) is 181 Å². The summed E-state index contributed by atoms with van der Waals surface area (Å²) >= 11 is 10.4. The lowest BCUT2D eigenvalue weighted by Crippen LogP contribution is -2.32. The van der Waals surface area contributed by atoms with Crippen molar-refractivity contribution in [3.63, 3.8) is 0 Å². The zero-order chi connectivity index (χ0) is 29.6. The van der Waals surface area contributed by atoms with E-state index in [0.29, 0.717) is 11.5 Å². The molecule has 1 saturated heterocycles. The molecule has 6 atom stereocenters. The van der Waals surface area contributed by atoms with Gasteiger partial charge in [0.25, 0.3) is 5.56 Å². The lowest BCUT2D eigenvalue weighted by Gasteiger charge is -2.25. The van der Waals surface area contributed by atoms with E-state index in [-0.39, 0.29) is 36.7 Å². The third kappa shape index (κ3) is 6.16. The number of rotatable bonds is 2. The average Bonchev–Trinajstić information content (AvgIpc) is 3.63. The number of ether oxygens (including phenoxy) is 1. The molecule has 0 spiro atoms. The van der Waals surface area contributed by atoms with E-state index in [1.165, 1.54) is 10.9 Å². The number of H-pyrrole nitrogens is 1. The number of imidazole rings is 2. The van der Waals surface area contributed by atoms with Crippen LogP contribution in [0.3, 0.4) is 0 Å². The highest BCUT2D eigenvalue weighted by atomic mass is 32.5. The first-order valence-corrected chi connectivity index (χ1v) is 17.6. The highest BCUT2D eigenvalue weighted by Crippen LogP contribution is 2.52. The van der Waals surface area contributed by atoms with Crippen molar-refractivity contribution in [2.75, 3.05) is 13.2 Å². The first-order valence-electron chi connectivity index (χ1n) is 12.5. The summed E-state index contributed by atoms with van der Waals surface area (Å²) in [6.45, 7) is -7.08. The number of aromatic nitrogens is 7. The second-order valence-corrected chi connectivity index (χ2v) is 15.0. The first-order chi connectivity index (χ1) is 20.0. The molecule has 224 valence electrons. The minimum Gasteiger partial charge on any atom is -0.346 e. The van der Waals surface area contributed by atoms with Crippen LogP contribution in [0.5, 0.6) is 0 Å². The predicted molar refractivity (Wildman–Crippen MR) is 152 cm³/mol. The molecule has 0 saturated carbocycles. The fourth-order valence-electron chi connectivity index (χ4n) is 4.60. The third-order valence-corrected chi connectivity index (χ3v) is 9.68. The Hall–Kier alpha value is -2.34. The van der Waals surface area contributed by atoms with Gasteiger partial charge >= 0.3 is 13.4 Å². The highest BCUT2D eigenvalue weighted by Gasteiger charge is 2.50. The van der Waals surface area contributed by atoms with Gasteiger partial charge in [0.1, 0.15) is 30.5 Å². The number of hydrogen-bond donors (Lipinski definition) is 3. The Labute approximate surface area is 247 Å². The summed E-state index contributed by atoms with van der Waals surface area (Å²) in [5.74, 6) is 0.624. The van der Waals surface area contributed by atoms with E-state index in [4.69, 9.17) is 46.4 Å². The monoisotopic (exact) mass is 659 g/mol. The fraction of sp³-hybridized carbons (Fsp3) is 0.409. The molecule has 20 heteroatoms. The van der Waals surface area contributed by atoms with Gasteiger partial charge in [-0.25, -0.2) is 19.3 Å². The molecule has 1 fully saturated rings. The number of aromatic amines is 1. The van der Waals surface area contributed by atoms with Crippen molar-refractivity contribution in [1.29, 1.82) is 0 Å². The number of halogens is 1. The number of hydrogen-bond acceptors (Lipinski definition) is 12. The zero-order valence-electron chi connectivity index (χ0n) is 21.7. The van der Waals surface area contributed by atoms with Crippen molar-refractivity contribution >= 4 is 48.2 Å².